The van der Waals surface area contributed by atoms with E-state index in [9.17, 15) is 14.4 Å². The number of rotatable bonds is 9. The summed E-state index contributed by atoms with van der Waals surface area (Å²) >= 11 is 0. The second kappa shape index (κ2) is 9.46. The number of aryl methyl sites for hydroxylation is 1. The van der Waals surface area contributed by atoms with Gasteiger partial charge >= 0.3 is 17.9 Å². The lowest BCUT2D eigenvalue weighted by Gasteiger charge is -2.18. The normalized spacial score (nSPS) is 11.4. The monoisotopic (exact) mass is 336 g/mol. The van der Waals surface area contributed by atoms with Crippen molar-refractivity contribution in [3.05, 3.63) is 47.5 Å². The fourth-order valence-corrected chi connectivity index (χ4v) is 1.74. The molecule has 0 aliphatic carbocycles. The first kappa shape index (κ1) is 19.4. The van der Waals surface area contributed by atoms with E-state index in [0.717, 1.165) is 5.56 Å². The van der Waals surface area contributed by atoms with Gasteiger partial charge in [-0.1, -0.05) is 36.4 Å². The molecule has 0 spiro atoms. The zero-order valence-electron chi connectivity index (χ0n) is 13.6. The molecule has 0 bridgehead atoms. The summed E-state index contributed by atoms with van der Waals surface area (Å²) in [6, 6.07) is 6.77. The predicted octanol–water partition coefficient (Wildman–Crippen LogP) is 1.80. The number of carboxylic acid groups (broad SMARTS) is 1. The molecule has 1 unspecified atom stereocenters. The van der Waals surface area contributed by atoms with Crippen LogP contribution < -0.4 is 0 Å². The van der Waals surface area contributed by atoms with Gasteiger partial charge in [0.15, 0.2) is 0 Å². The smallest absolute Gasteiger partial charge is 0.352 e. The van der Waals surface area contributed by atoms with Gasteiger partial charge in [-0.05, 0) is 6.92 Å². The van der Waals surface area contributed by atoms with Crippen LogP contribution in [0, 0.1) is 6.92 Å². The fraction of sp³-hybridized carbons (Fsp3) is 0.353. The largest absolute Gasteiger partial charge is 0.481 e. The van der Waals surface area contributed by atoms with E-state index in [4.69, 9.17) is 19.3 Å². The first-order chi connectivity index (χ1) is 11.3. The third-order valence-corrected chi connectivity index (χ3v) is 3.00. The number of hydrogen-bond donors (Lipinski definition) is 1. The quantitative estimate of drug-likeness (QED) is 0.417. The van der Waals surface area contributed by atoms with Crippen LogP contribution in [-0.4, -0.2) is 43.3 Å². The van der Waals surface area contributed by atoms with Crippen molar-refractivity contribution in [3.8, 4) is 0 Å². The molecule has 130 valence electrons. The molecular weight excluding hydrogens is 316 g/mol. The number of carbonyl (C=O) groups excluding carboxylic acids is 2. The van der Waals surface area contributed by atoms with Crippen LogP contribution in [0.4, 0.5) is 0 Å². The van der Waals surface area contributed by atoms with Gasteiger partial charge in [0.2, 0.25) is 6.10 Å². The predicted molar refractivity (Wildman–Crippen MR) is 84.2 cm³/mol. The van der Waals surface area contributed by atoms with Crippen molar-refractivity contribution in [2.75, 3.05) is 20.3 Å². The topological polar surface area (TPSA) is 99.1 Å². The van der Waals surface area contributed by atoms with Gasteiger partial charge in [0, 0.05) is 18.2 Å². The number of ether oxygens (including phenoxy) is 3. The van der Waals surface area contributed by atoms with Crippen LogP contribution in [0.3, 0.4) is 0 Å². The van der Waals surface area contributed by atoms with Crippen molar-refractivity contribution < 1.29 is 33.7 Å². The molecule has 0 aliphatic heterocycles. The third-order valence-electron chi connectivity index (χ3n) is 3.00. The molecule has 0 saturated heterocycles. The van der Waals surface area contributed by atoms with E-state index < -0.39 is 30.4 Å². The lowest BCUT2D eigenvalue weighted by atomic mass is 10.1. The summed E-state index contributed by atoms with van der Waals surface area (Å²) in [7, 11) is 1.46. The highest BCUT2D eigenvalue weighted by molar-refractivity contribution is 5.94. The standard InChI is InChI=1S/C17H20O7/c1-11-4-6-13(7-5-11)15(17(21)23-9-8-22-3)24-16(20)12(2)10-14(18)19/h4-7,15H,2,8-10H2,1,3H3,(H,18,19). The number of carboxylic acids is 1. The highest BCUT2D eigenvalue weighted by Gasteiger charge is 2.28. The Morgan fingerprint density at radius 1 is 1.17 bits per heavy atom. The zero-order chi connectivity index (χ0) is 18.1. The lowest BCUT2D eigenvalue weighted by Crippen LogP contribution is -2.24. The number of hydrogen-bond acceptors (Lipinski definition) is 6. The van der Waals surface area contributed by atoms with Crippen molar-refractivity contribution in [3.63, 3.8) is 0 Å². The Bertz CT molecular complexity index is 604. The maximum Gasteiger partial charge on any atom is 0.352 e. The van der Waals surface area contributed by atoms with Crippen molar-refractivity contribution >= 4 is 17.9 Å². The molecule has 0 heterocycles. The summed E-state index contributed by atoms with van der Waals surface area (Å²) in [5.74, 6) is -2.95. The van der Waals surface area contributed by atoms with Crippen LogP contribution in [0.5, 0.6) is 0 Å². The zero-order valence-corrected chi connectivity index (χ0v) is 13.6. The Labute approximate surface area is 139 Å². The van der Waals surface area contributed by atoms with E-state index in [1.165, 1.54) is 7.11 Å². The molecule has 1 N–H and O–H groups in total. The van der Waals surface area contributed by atoms with Crippen LogP contribution >= 0.6 is 0 Å². The van der Waals surface area contributed by atoms with Crippen LogP contribution in [-0.2, 0) is 28.6 Å². The van der Waals surface area contributed by atoms with Gasteiger partial charge in [0.1, 0.15) is 6.61 Å². The molecule has 1 aromatic carbocycles. The molecule has 1 aromatic rings. The molecule has 0 radical (unpaired) electrons. The first-order valence-corrected chi connectivity index (χ1v) is 7.17. The van der Waals surface area contributed by atoms with Crippen LogP contribution in [0.25, 0.3) is 0 Å². The molecule has 0 fully saturated rings. The molecule has 0 aliphatic rings. The molecule has 1 atom stereocenters. The summed E-state index contributed by atoms with van der Waals surface area (Å²) in [5.41, 5.74) is 1.12. The number of aliphatic carboxylic acids is 1. The minimum absolute atomic E-state index is 0.00528. The number of esters is 2. The molecule has 0 aromatic heterocycles. The summed E-state index contributed by atoms with van der Waals surface area (Å²) in [6.45, 7) is 5.44. The molecule has 0 amide bonds. The van der Waals surface area contributed by atoms with Crippen molar-refractivity contribution in [2.45, 2.75) is 19.4 Å². The van der Waals surface area contributed by atoms with Gasteiger partial charge in [0.25, 0.3) is 0 Å². The minimum Gasteiger partial charge on any atom is -0.481 e. The van der Waals surface area contributed by atoms with E-state index in [2.05, 4.69) is 6.58 Å². The van der Waals surface area contributed by atoms with Gasteiger partial charge in [-0.25, -0.2) is 9.59 Å². The van der Waals surface area contributed by atoms with Gasteiger partial charge in [-0.2, -0.15) is 0 Å². The van der Waals surface area contributed by atoms with Gasteiger partial charge in [0.05, 0.1) is 13.0 Å². The van der Waals surface area contributed by atoms with Crippen molar-refractivity contribution in [1.82, 2.24) is 0 Å². The number of benzene rings is 1. The average Bonchev–Trinajstić information content (AvgIpc) is 2.52. The van der Waals surface area contributed by atoms with Crippen LogP contribution in [0.15, 0.2) is 36.4 Å². The summed E-state index contributed by atoms with van der Waals surface area (Å²) in [5, 5.41) is 8.69. The SMILES string of the molecule is C=C(CC(=O)O)C(=O)OC(C(=O)OCCOC)c1ccc(C)cc1. The Balaban J connectivity index is 2.90. The summed E-state index contributed by atoms with van der Waals surface area (Å²) < 4.78 is 14.9. The highest BCUT2D eigenvalue weighted by Crippen LogP contribution is 2.21. The molecule has 0 saturated carbocycles. The summed E-state index contributed by atoms with van der Waals surface area (Å²) in [6.07, 6.45) is -1.88. The lowest BCUT2D eigenvalue weighted by molar-refractivity contribution is -0.167. The first-order valence-electron chi connectivity index (χ1n) is 7.17. The third kappa shape index (κ3) is 6.21. The van der Waals surface area contributed by atoms with Crippen molar-refractivity contribution in [1.29, 1.82) is 0 Å². The fourth-order valence-electron chi connectivity index (χ4n) is 1.74. The van der Waals surface area contributed by atoms with Gasteiger partial charge in [-0.3, -0.25) is 4.79 Å². The Morgan fingerprint density at radius 2 is 1.79 bits per heavy atom. The molecule has 24 heavy (non-hydrogen) atoms. The van der Waals surface area contributed by atoms with Gasteiger partial charge < -0.3 is 19.3 Å². The molecular formula is C17H20O7. The molecule has 7 heteroatoms. The number of methoxy groups -OCH3 is 1. The van der Waals surface area contributed by atoms with Crippen LogP contribution in [0.1, 0.15) is 23.7 Å². The van der Waals surface area contributed by atoms with E-state index >= 15 is 0 Å². The average molecular weight is 336 g/mol. The van der Waals surface area contributed by atoms with E-state index in [0.29, 0.717) is 5.56 Å². The molecule has 7 nitrogen and oxygen atoms in total. The van der Waals surface area contributed by atoms with E-state index in [1.807, 2.05) is 6.92 Å². The summed E-state index contributed by atoms with van der Waals surface area (Å²) in [4.78, 5) is 34.8. The highest BCUT2D eigenvalue weighted by atomic mass is 16.6. The molecule has 1 rings (SSSR count). The van der Waals surface area contributed by atoms with Crippen molar-refractivity contribution in [2.24, 2.45) is 0 Å². The van der Waals surface area contributed by atoms with Gasteiger partial charge in [-0.15, -0.1) is 0 Å². The second-order valence-corrected chi connectivity index (χ2v) is 5.03. The van der Waals surface area contributed by atoms with E-state index in [-0.39, 0.29) is 18.8 Å². The maximum absolute atomic E-state index is 12.2. The van der Waals surface area contributed by atoms with E-state index in [1.54, 1.807) is 24.3 Å². The maximum atomic E-state index is 12.2. The Hall–Kier alpha value is -2.67. The Kier molecular flexibility index (Phi) is 7.64. The second-order valence-electron chi connectivity index (χ2n) is 5.03. The number of carbonyl (C=O) groups is 3. The van der Waals surface area contributed by atoms with Crippen LogP contribution in [0.2, 0.25) is 0 Å². The Morgan fingerprint density at radius 3 is 2.33 bits per heavy atom. The minimum atomic E-state index is -1.31.